The highest BCUT2D eigenvalue weighted by atomic mass is 16.7. The van der Waals surface area contributed by atoms with E-state index in [1.54, 1.807) is 13.2 Å². The van der Waals surface area contributed by atoms with E-state index in [0.29, 0.717) is 11.5 Å². The Hall–Kier alpha value is -2.95. The van der Waals surface area contributed by atoms with E-state index in [4.69, 9.17) is 18.9 Å². The van der Waals surface area contributed by atoms with Gasteiger partial charge in [0.2, 0.25) is 6.79 Å². The van der Waals surface area contributed by atoms with Crippen molar-refractivity contribution in [3.05, 3.63) is 59.7 Å². The molecule has 0 saturated carbocycles. The summed E-state index contributed by atoms with van der Waals surface area (Å²) in [4.78, 5) is 11.8. The van der Waals surface area contributed by atoms with Crippen LogP contribution in [-0.4, -0.2) is 19.9 Å². The molecule has 5 nitrogen and oxygen atoms in total. The molecule has 0 amide bonds. The predicted molar refractivity (Wildman–Crippen MR) is 84.4 cm³/mol. The zero-order valence-corrected chi connectivity index (χ0v) is 12.7. The lowest BCUT2D eigenvalue weighted by Crippen LogP contribution is -2.00. The van der Waals surface area contributed by atoms with Crippen molar-refractivity contribution in [2.24, 2.45) is 0 Å². The lowest BCUT2D eigenvalue weighted by atomic mass is 10.2. The number of rotatable bonds is 5. The molecule has 0 bridgehead atoms. The van der Waals surface area contributed by atoms with Crippen LogP contribution >= 0.6 is 0 Å². The molecule has 0 spiro atoms. The summed E-state index contributed by atoms with van der Waals surface area (Å²) < 4.78 is 20.8. The number of methoxy groups -OCH3 is 1. The van der Waals surface area contributed by atoms with Crippen LogP contribution < -0.4 is 14.2 Å². The first kappa shape index (κ1) is 15.0. The van der Waals surface area contributed by atoms with E-state index in [0.717, 1.165) is 16.9 Å². The SMILES string of the molecule is COc1ccc(COC(=O)/C=C/c2ccc3c(c2)OCO3)cc1. The highest BCUT2D eigenvalue weighted by molar-refractivity contribution is 5.87. The third-order valence-electron chi connectivity index (χ3n) is 3.35. The molecule has 118 valence electrons. The van der Waals surface area contributed by atoms with Gasteiger partial charge in [0.05, 0.1) is 7.11 Å². The molecule has 5 heteroatoms. The average Bonchev–Trinajstić information content (AvgIpc) is 3.06. The minimum atomic E-state index is -0.404. The largest absolute Gasteiger partial charge is 0.497 e. The summed E-state index contributed by atoms with van der Waals surface area (Å²) in [6.45, 7) is 0.445. The van der Waals surface area contributed by atoms with Gasteiger partial charge in [-0.25, -0.2) is 4.79 Å². The van der Waals surface area contributed by atoms with Crippen molar-refractivity contribution in [3.8, 4) is 17.2 Å². The van der Waals surface area contributed by atoms with Gasteiger partial charge in [-0.3, -0.25) is 0 Å². The molecule has 0 aliphatic carbocycles. The van der Waals surface area contributed by atoms with Crippen LogP contribution in [0.4, 0.5) is 0 Å². The summed E-state index contributed by atoms with van der Waals surface area (Å²) in [5.74, 6) is 1.75. The maximum absolute atomic E-state index is 11.8. The molecular formula is C18H16O5. The van der Waals surface area contributed by atoms with Crippen molar-refractivity contribution in [1.82, 2.24) is 0 Å². The second-order valence-corrected chi connectivity index (χ2v) is 4.90. The second kappa shape index (κ2) is 6.87. The van der Waals surface area contributed by atoms with Gasteiger partial charge in [0, 0.05) is 6.08 Å². The first-order valence-corrected chi connectivity index (χ1v) is 7.12. The fourth-order valence-electron chi connectivity index (χ4n) is 2.11. The molecule has 1 aliphatic heterocycles. The van der Waals surface area contributed by atoms with Crippen LogP contribution in [0, 0.1) is 0 Å². The van der Waals surface area contributed by atoms with E-state index in [9.17, 15) is 4.79 Å². The van der Waals surface area contributed by atoms with Crippen LogP contribution in [-0.2, 0) is 16.1 Å². The van der Waals surface area contributed by atoms with E-state index >= 15 is 0 Å². The second-order valence-electron chi connectivity index (χ2n) is 4.90. The Balaban J connectivity index is 1.54. The van der Waals surface area contributed by atoms with Crippen molar-refractivity contribution < 1.29 is 23.7 Å². The third kappa shape index (κ3) is 3.83. The van der Waals surface area contributed by atoms with E-state index < -0.39 is 5.97 Å². The third-order valence-corrected chi connectivity index (χ3v) is 3.35. The van der Waals surface area contributed by atoms with Crippen LogP contribution in [0.25, 0.3) is 6.08 Å². The molecular weight excluding hydrogens is 296 g/mol. The number of ether oxygens (including phenoxy) is 4. The van der Waals surface area contributed by atoms with Crippen LogP contribution in [0.1, 0.15) is 11.1 Å². The number of fused-ring (bicyclic) bond motifs is 1. The van der Waals surface area contributed by atoms with Crippen LogP contribution in [0.15, 0.2) is 48.5 Å². The van der Waals surface area contributed by atoms with E-state index in [2.05, 4.69) is 0 Å². The maximum atomic E-state index is 11.8. The first-order chi connectivity index (χ1) is 11.2. The molecule has 0 fully saturated rings. The number of carbonyl (C=O) groups is 1. The molecule has 0 aromatic heterocycles. The quantitative estimate of drug-likeness (QED) is 0.627. The minimum Gasteiger partial charge on any atom is -0.497 e. The molecule has 1 aliphatic rings. The summed E-state index contributed by atoms with van der Waals surface area (Å²) in [6, 6.07) is 12.8. The van der Waals surface area contributed by atoms with Crippen LogP contribution in [0.2, 0.25) is 0 Å². The van der Waals surface area contributed by atoms with E-state index in [-0.39, 0.29) is 13.4 Å². The predicted octanol–water partition coefficient (Wildman–Crippen LogP) is 3.18. The fraction of sp³-hybridized carbons (Fsp3) is 0.167. The van der Waals surface area contributed by atoms with Gasteiger partial charge in [0.25, 0.3) is 0 Å². The van der Waals surface area contributed by atoms with Gasteiger partial charge in [0.15, 0.2) is 11.5 Å². The highest BCUT2D eigenvalue weighted by Crippen LogP contribution is 2.32. The Labute approximate surface area is 134 Å². The van der Waals surface area contributed by atoms with Crippen molar-refractivity contribution in [3.63, 3.8) is 0 Å². The van der Waals surface area contributed by atoms with E-state index in [1.807, 2.05) is 42.5 Å². The summed E-state index contributed by atoms with van der Waals surface area (Å²) in [5, 5.41) is 0. The van der Waals surface area contributed by atoms with Crippen LogP contribution in [0.5, 0.6) is 17.2 Å². The molecule has 0 radical (unpaired) electrons. The molecule has 0 unspecified atom stereocenters. The number of hydrogen-bond acceptors (Lipinski definition) is 5. The lowest BCUT2D eigenvalue weighted by molar-refractivity contribution is -0.138. The fourth-order valence-corrected chi connectivity index (χ4v) is 2.11. The summed E-state index contributed by atoms with van der Waals surface area (Å²) in [7, 11) is 1.61. The average molecular weight is 312 g/mol. The Morgan fingerprint density at radius 3 is 2.70 bits per heavy atom. The van der Waals surface area contributed by atoms with Gasteiger partial charge >= 0.3 is 5.97 Å². The Kier molecular flexibility index (Phi) is 4.47. The van der Waals surface area contributed by atoms with Gasteiger partial charge in [-0.15, -0.1) is 0 Å². The first-order valence-electron chi connectivity index (χ1n) is 7.12. The van der Waals surface area contributed by atoms with Crippen molar-refractivity contribution in [2.45, 2.75) is 6.61 Å². The topological polar surface area (TPSA) is 54.0 Å². The van der Waals surface area contributed by atoms with Crippen LogP contribution in [0.3, 0.4) is 0 Å². The zero-order chi connectivity index (χ0) is 16.1. The molecule has 23 heavy (non-hydrogen) atoms. The summed E-state index contributed by atoms with van der Waals surface area (Å²) in [6.07, 6.45) is 3.07. The zero-order valence-electron chi connectivity index (χ0n) is 12.7. The molecule has 3 rings (SSSR count). The number of benzene rings is 2. The monoisotopic (exact) mass is 312 g/mol. The lowest BCUT2D eigenvalue weighted by Gasteiger charge is -2.04. The smallest absolute Gasteiger partial charge is 0.331 e. The molecule has 1 heterocycles. The normalized spacial score (nSPS) is 12.4. The molecule has 2 aromatic carbocycles. The highest BCUT2D eigenvalue weighted by Gasteiger charge is 2.12. The number of carbonyl (C=O) groups excluding carboxylic acids is 1. The number of esters is 1. The van der Waals surface area contributed by atoms with Gasteiger partial charge < -0.3 is 18.9 Å². The van der Waals surface area contributed by atoms with Crippen molar-refractivity contribution >= 4 is 12.0 Å². The minimum absolute atomic E-state index is 0.217. The Morgan fingerprint density at radius 1 is 1.13 bits per heavy atom. The summed E-state index contributed by atoms with van der Waals surface area (Å²) >= 11 is 0. The molecule has 0 atom stereocenters. The van der Waals surface area contributed by atoms with Crippen molar-refractivity contribution in [2.75, 3.05) is 13.9 Å². The Morgan fingerprint density at radius 2 is 1.91 bits per heavy atom. The van der Waals surface area contributed by atoms with E-state index in [1.165, 1.54) is 6.08 Å². The molecule has 2 aromatic rings. The molecule has 0 N–H and O–H groups in total. The Bertz CT molecular complexity index is 719. The van der Waals surface area contributed by atoms with Gasteiger partial charge in [0.1, 0.15) is 12.4 Å². The number of hydrogen-bond donors (Lipinski definition) is 0. The summed E-state index contributed by atoms with van der Waals surface area (Å²) in [5.41, 5.74) is 1.74. The van der Waals surface area contributed by atoms with Gasteiger partial charge in [-0.1, -0.05) is 18.2 Å². The molecule has 0 saturated heterocycles. The van der Waals surface area contributed by atoms with Crippen molar-refractivity contribution in [1.29, 1.82) is 0 Å². The van der Waals surface area contributed by atoms with Gasteiger partial charge in [-0.2, -0.15) is 0 Å². The van der Waals surface area contributed by atoms with Gasteiger partial charge in [-0.05, 0) is 41.5 Å². The maximum Gasteiger partial charge on any atom is 0.331 e. The standard InChI is InChI=1S/C18H16O5/c1-20-15-6-2-14(3-7-15)11-21-18(19)9-5-13-4-8-16-17(10-13)23-12-22-16/h2-10H,11-12H2,1H3/b9-5+.